The first-order valence-electron chi connectivity index (χ1n) is 5.36. The number of halogens is 4. The lowest BCUT2D eigenvalue weighted by molar-refractivity contribution is 1.18. The van der Waals surface area contributed by atoms with Gasteiger partial charge in [-0.2, -0.15) is 0 Å². The van der Waals surface area contributed by atoms with Gasteiger partial charge in [-0.15, -0.1) is 0 Å². The topological polar surface area (TPSA) is 0 Å². The molecule has 94 valence electrons. The second-order valence-corrected chi connectivity index (χ2v) is 5.76. The smallest absolute Gasteiger partial charge is 0.0627 e. The summed E-state index contributed by atoms with van der Waals surface area (Å²) in [5.74, 6) is 0. The molecule has 0 amide bonds. The number of benzene rings is 2. The van der Waals surface area contributed by atoms with Crippen molar-refractivity contribution in [2.75, 3.05) is 0 Å². The fourth-order valence-electron chi connectivity index (χ4n) is 1.81. The number of hydrogen-bond acceptors (Lipinski definition) is 0. The SMILES string of the molecule is Cc1cc(Cl)c(Cl)c(Cc2cc(Cl)ccc2Cl)c1. The fraction of sp³-hybridized carbons (Fsp3) is 0.143. The van der Waals surface area contributed by atoms with E-state index >= 15 is 0 Å². The van der Waals surface area contributed by atoms with Crippen molar-refractivity contribution in [1.29, 1.82) is 0 Å². The lowest BCUT2D eigenvalue weighted by atomic mass is 10.0. The average molecular weight is 320 g/mol. The van der Waals surface area contributed by atoms with Crippen LogP contribution in [0.1, 0.15) is 16.7 Å². The molecular formula is C14H10Cl4. The van der Waals surface area contributed by atoms with Crippen LogP contribution in [-0.2, 0) is 6.42 Å². The molecule has 2 rings (SSSR count). The Kier molecular flexibility index (Phi) is 4.45. The Morgan fingerprint density at radius 3 is 2.28 bits per heavy atom. The second kappa shape index (κ2) is 5.71. The van der Waals surface area contributed by atoms with Gasteiger partial charge in [0.15, 0.2) is 0 Å². The summed E-state index contributed by atoms with van der Waals surface area (Å²) in [6, 6.07) is 9.23. The normalized spacial score (nSPS) is 10.7. The molecule has 0 saturated heterocycles. The van der Waals surface area contributed by atoms with Gasteiger partial charge in [0.2, 0.25) is 0 Å². The second-order valence-electron chi connectivity index (χ2n) is 4.13. The molecule has 0 atom stereocenters. The van der Waals surface area contributed by atoms with Gasteiger partial charge in [0.25, 0.3) is 0 Å². The highest BCUT2D eigenvalue weighted by Crippen LogP contribution is 2.31. The van der Waals surface area contributed by atoms with Gasteiger partial charge in [-0.3, -0.25) is 0 Å². The largest absolute Gasteiger partial charge is 0.0843 e. The minimum absolute atomic E-state index is 0.560. The summed E-state index contributed by atoms with van der Waals surface area (Å²) < 4.78 is 0. The number of aryl methyl sites for hydroxylation is 1. The van der Waals surface area contributed by atoms with Crippen molar-refractivity contribution in [3.8, 4) is 0 Å². The van der Waals surface area contributed by atoms with E-state index < -0.39 is 0 Å². The lowest BCUT2D eigenvalue weighted by Crippen LogP contribution is -1.92. The Labute approximate surface area is 126 Å². The summed E-state index contributed by atoms with van der Waals surface area (Å²) in [6.07, 6.45) is 0.611. The van der Waals surface area contributed by atoms with Gasteiger partial charge in [0.05, 0.1) is 10.0 Å². The zero-order valence-electron chi connectivity index (χ0n) is 9.61. The summed E-state index contributed by atoms with van der Waals surface area (Å²) in [7, 11) is 0. The van der Waals surface area contributed by atoms with E-state index in [1.165, 1.54) is 0 Å². The quantitative estimate of drug-likeness (QED) is 0.618. The van der Waals surface area contributed by atoms with Crippen LogP contribution < -0.4 is 0 Å². The van der Waals surface area contributed by atoms with E-state index in [9.17, 15) is 0 Å². The number of hydrogen-bond donors (Lipinski definition) is 0. The Morgan fingerprint density at radius 2 is 1.56 bits per heavy atom. The minimum atomic E-state index is 0.560. The Hall–Kier alpha value is -0.400. The lowest BCUT2D eigenvalue weighted by Gasteiger charge is -2.09. The molecule has 0 aliphatic rings. The van der Waals surface area contributed by atoms with Crippen LogP contribution in [0.2, 0.25) is 20.1 Å². The molecule has 2 aromatic rings. The van der Waals surface area contributed by atoms with Crippen molar-refractivity contribution >= 4 is 46.4 Å². The maximum Gasteiger partial charge on any atom is 0.0627 e. The third-order valence-electron chi connectivity index (χ3n) is 2.64. The van der Waals surface area contributed by atoms with Crippen LogP contribution in [0.4, 0.5) is 0 Å². The third kappa shape index (κ3) is 3.13. The highest BCUT2D eigenvalue weighted by molar-refractivity contribution is 6.42. The van der Waals surface area contributed by atoms with Gasteiger partial charge in [-0.1, -0.05) is 52.5 Å². The van der Waals surface area contributed by atoms with Crippen molar-refractivity contribution in [1.82, 2.24) is 0 Å². The first-order chi connectivity index (χ1) is 8.47. The summed E-state index contributed by atoms with van der Waals surface area (Å²) >= 11 is 24.4. The van der Waals surface area contributed by atoms with E-state index in [0.717, 1.165) is 16.7 Å². The van der Waals surface area contributed by atoms with Crippen LogP contribution in [0.5, 0.6) is 0 Å². The molecule has 4 heteroatoms. The van der Waals surface area contributed by atoms with Crippen molar-refractivity contribution in [3.63, 3.8) is 0 Å². The van der Waals surface area contributed by atoms with Crippen molar-refractivity contribution < 1.29 is 0 Å². The molecule has 0 spiro atoms. The van der Waals surface area contributed by atoms with E-state index in [1.54, 1.807) is 12.1 Å². The first kappa shape index (κ1) is 14.0. The maximum atomic E-state index is 6.20. The van der Waals surface area contributed by atoms with E-state index in [0.29, 0.717) is 26.5 Å². The zero-order chi connectivity index (χ0) is 13.3. The predicted molar refractivity (Wildman–Crippen MR) is 80.5 cm³/mol. The monoisotopic (exact) mass is 318 g/mol. The molecule has 0 N–H and O–H groups in total. The molecule has 0 nitrogen and oxygen atoms in total. The number of rotatable bonds is 2. The summed E-state index contributed by atoms with van der Waals surface area (Å²) in [6.45, 7) is 1.98. The van der Waals surface area contributed by atoms with Gasteiger partial charge < -0.3 is 0 Å². The van der Waals surface area contributed by atoms with E-state index in [2.05, 4.69) is 0 Å². The van der Waals surface area contributed by atoms with Crippen LogP contribution in [-0.4, -0.2) is 0 Å². The highest BCUT2D eigenvalue weighted by Gasteiger charge is 2.09. The highest BCUT2D eigenvalue weighted by atomic mass is 35.5. The average Bonchev–Trinajstić information content (AvgIpc) is 2.30. The molecular weight excluding hydrogens is 310 g/mol. The van der Waals surface area contributed by atoms with Crippen LogP contribution in [0.25, 0.3) is 0 Å². The molecule has 0 aliphatic heterocycles. The summed E-state index contributed by atoms with van der Waals surface area (Å²) in [5, 5.41) is 2.46. The van der Waals surface area contributed by atoms with Crippen molar-refractivity contribution in [2.45, 2.75) is 13.3 Å². The van der Waals surface area contributed by atoms with E-state index in [-0.39, 0.29) is 0 Å². The van der Waals surface area contributed by atoms with Crippen molar-refractivity contribution in [3.05, 3.63) is 67.1 Å². The van der Waals surface area contributed by atoms with Crippen LogP contribution in [0, 0.1) is 6.92 Å². The van der Waals surface area contributed by atoms with Crippen LogP contribution in [0.15, 0.2) is 30.3 Å². The summed E-state index contributed by atoms with van der Waals surface area (Å²) in [5.41, 5.74) is 2.95. The Bertz CT molecular complexity index is 591. The molecule has 0 aliphatic carbocycles. The first-order valence-corrected chi connectivity index (χ1v) is 6.87. The van der Waals surface area contributed by atoms with Crippen LogP contribution in [0.3, 0.4) is 0 Å². The third-order valence-corrected chi connectivity index (χ3v) is 4.08. The van der Waals surface area contributed by atoms with Gasteiger partial charge in [-0.25, -0.2) is 0 Å². The molecule has 0 radical (unpaired) electrons. The minimum Gasteiger partial charge on any atom is -0.0843 e. The molecule has 0 aromatic heterocycles. The van der Waals surface area contributed by atoms with E-state index in [1.807, 2.05) is 25.1 Å². The Balaban J connectivity index is 2.43. The van der Waals surface area contributed by atoms with Gasteiger partial charge in [-0.05, 0) is 47.9 Å². The fourth-order valence-corrected chi connectivity index (χ4v) is 2.66. The van der Waals surface area contributed by atoms with Gasteiger partial charge in [0, 0.05) is 16.5 Å². The Morgan fingerprint density at radius 1 is 0.833 bits per heavy atom. The van der Waals surface area contributed by atoms with Crippen LogP contribution >= 0.6 is 46.4 Å². The standard InChI is InChI=1S/C14H10Cl4/c1-8-4-10(14(18)13(17)5-8)6-9-7-11(15)2-3-12(9)16/h2-5,7H,6H2,1H3. The summed E-state index contributed by atoms with van der Waals surface area (Å²) in [4.78, 5) is 0. The zero-order valence-corrected chi connectivity index (χ0v) is 12.6. The molecule has 0 heterocycles. The van der Waals surface area contributed by atoms with Gasteiger partial charge >= 0.3 is 0 Å². The molecule has 2 aromatic carbocycles. The maximum absolute atomic E-state index is 6.20. The van der Waals surface area contributed by atoms with E-state index in [4.69, 9.17) is 46.4 Å². The predicted octanol–water partition coefficient (Wildman–Crippen LogP) is 6.20. The molecule has 0 bridgehead atoms. The molecule has 0 unspecified atom stereocenters. The van der Waals surface area contributed by atoms with Crippen molar-refractivity contribution in [2.24, 2.45) is 0 Å². The van der Waals surface area contributed by atoms with Gasteiger partial charge in [0.1, 0.15) is 0 Å². The molecule has 0 saturated carbocycles. The molecule has 0 fully saturated rings. The molecule has 18 heavy (non-hydrogen) atoms.